The van der Waals surface area contributed by atoms with Crippen molar-refractivity contribution in [3.05, 3.63) is 0 Å². The summed E-state index contributed by atoms with van der Waals surface area (Å²) in [6.07, 6.45) is 70.8. The van der Waals surface area contributed by atoms with Gasteiger partial charge in [0.1, 0.15) is 19.3 Å². The number of esters is 4. The Morgan fingerprint density at radius 2 is 0.481 bits per heavy atom. The quantitative estimate of drug-likeness (QED) is 0.0222. The Morgan fingerprint density at radius 3 is 0.717 bits per heavy atom. The van der Waals surface area contributed by atoms with Crippen LogP contribution < -0.4 is 0 Å². The number of ether oxygens (including phenoxy) is 4. The molecule has 0 fully saturated rings. The minimum atomic E-state index is -4.97. The molecule has 0 rings (SSSR count). The first-order valence-electron chi connectivity index (χ1n) is 45.0. The second kappa shape index (κ2) is 78.3. The van der Waals surface area contributed by atoms with Gasteiger partial charge in [0.25, 0.3) is 0 Å². The van der Waals surface area contributed by atoms with Crippen LogP contribution in [0, 0.1) is 11.8 Å². The van der Waals surface area contributed by atoms with Crippen LogP contribution >= 0.6 is 15.6 Å². The van der Waals surface area contributed by atoms with E-state index in [9.17, 15) is 43.2 Å². The third kappa shape index (κ3) is 78.7. The number of hydrogen-bond donors (Lipinski definition) is 3. The highest BCUT2D eigenvalue weighted by Crippen LogP contribution is 2.45. The smallest absolute Gasteiger partial charge is 0.462 e. The van der Waals surface area contributed by atoms with Crippen LogP contribution in [0.3, 0.4) is 0 Å². The van der Waals surface area contributed by atoms with E-state index in [1.807, 2.05) is 0 Å². The summed E-state index contributed by atoms with van der Waals surface area (Å²) in [6.45, 7) is 9.73. The fourth-order valence-corrected chi connectivity index (χ4v) is 15.1. The van der Waals surface area contributed by atoms with E-state index >= 15 is 0 Å². The summed E-state index contributed by atoms with van der Waals surface area (Å²) in [6, 6.07) is 0. The van der Waals surface area contributed by atoms with Crippen LogP contribution in [0.5, 0.6) is 0 Å². The molecule has 0 spiro atoms. The molecule has 0 bridgehead atoms. The largest absolute Gasteiger partial charge is 0.472 e. The van der Waals surface area contributed by atoms with E-state index in [0.717, 1.165) is 102 Å². The Bertz CT molecular complexity index is 2030. The Balaban J connectivity index is 5.23. The topological polar surface area (TPSA) is 237 Å². The van der Waals surface area contributed by atoms with Gasteiger partial charge >= 0.3 is 39.5 Å². The van der Waals surface area contributed by atoms with Gasteiger partial charge in [0.15, 0.2) is 12.2 Å². The third-order valence-electron chi connectivity index (χ3n) is 20.8. The number of carbonyl (C=O) groups excluding carboxylic acids is 4. The van der Waals surface area contributed by atoms with E-state index in [2.05, 4.69) is 41.5 Å². The highest BCUT2D eigenvalue weighted by molar-refractivity contribution is 7.47. The predicted molar refractivity (Wildman–Crippen MR) is 437 cm³/mol. The number of phosphoric acid groups is 2. The van der Waals surface area contributed by atoms with Gasteiger partial charge in [-0.2, -0.15) is 0 Å². The summed E-state index contributed by atoms with van der Waals surface area (Å²) >= 11 is 0. The zero-order chi connectivity index (χ0) is 77.8. The van der Waals surface area contributed by atoms with Gasteiger partial charge in [-0.1, -0.05) is 414 Å². The van der Waals surface area contributed by atoms with Crippen LogP contribution in [0.2, 0.25) is 0 Å². The molecule has 3 unspecified atom stereocenters. The second-order valence-electron chi connectivity index (χ2n) is 32.0. The predicted octanol–water partition coefficient (Wildman–Crippen LogP) is 26.6. The lowest BCUT2D eigenvalue weighted by Crippen LogP contribution is -2.30. The zero-order valence-electron chi connectivity index (χ0n) is 69.7. The fraction of sp³-hybridized carbons (Fsp3) is 0.954. The van der Waals surface area contributed by atoms with Gasteiger partial charge in [-0.05, 0) is 37.5 Å². The van der Waals surface area contributed by atoms with Crippen molar-refractivity contribution in [2.75, 3.05) is 39.6 Å². The first-order valence-corrected chi connectivity index (χ1v) is 48.0. The molecule has 0 radical (unpaired) electrons. The van der Waals surface area contributed by atoms with Crippen LogP contribution in [0.4, 0.5) is 0 Å². The van der Waals surface area contributed by atoms with E-state index in [-0.39, 0.29) is 25.7 Å². The van der Waals surface area contributed by atoms with Crippen molar-refractivity contribution < 1.29 is 80.2 Å². The molecule has 17 nitrogen and oxygen atoms in total. The lowest BCUT2D eigenvalue weighted by Gasteiger charge is -2.21. The van der Waals surface area contributed by atoms with E-state index in [1.165, 1.54) is 283 Å². The number of carbonyl (C=O) groups is 4. The summed E-state index contributed by atoms with van der Waals surface area (Å²) in [5.74, 6) is -0.477. The summed E-state index contributed by atoms with van der Waals surface area (Å²) in [7, 11) is -9.93. The molecule has 0 aromatic carbocycles. The molecule has 0 aliphatic rings. The van der Waals surface area contributed by atoms with Gasteiger partial charge < -0.3 is 33.8 Å². The van der Waals surface area contributed by atoms with Crippen molar-refractivity contribution in [1.82, 2.24) is 0 Å². The maximum absolute atomic E-state index is 13.2. The van der Waals surface area contributed by atoms with E-state index in [1.54, 1.807) is 0 Å². The average molecular weight is 1550 g/mol. The van der Waals surface area contributed by atoms with Gasteiger partial charge in [0.2, 0.25) is 0 Å². The highest BCUT2D eigenvalue weighted by atomic mass is 31.2. The molecule has 0 aliphatic carbocycles. The minimum absolute atomic E-state index is 0.107. The van der Waals surface area contributed by atoms with Gasteiger partial charge in [-0.15, -0.1) is 0 Å². The molecule has 0 aromatic rings. The number of rotatable bonds is 86. The number of unbranched alkanes of at least 4 members (excludes halogenated alkanes) is 55. The molecular formula is C87H170O17P2. The van der Waals surface area contributed by atoms with Gasteiger partial charge in [-0.25, -0.2) is 9.13 Å². The van der Waals surface area contributed by atoms with Crippen LogP contribution in [-0.4, -0.2) is 96.7 Å². The molecule has 0 aromatic heterocycles. The summed E-state index contributed by atoms with van der Waals surface area (Å²) in [5, 5.41) is 10.7. The Kier molecular flexibility index (Phi) is 76.9. The van der Waals surface area contributed by atoms with E-state index in [4.69, 9.17) is 37.0 Å². The number of phosphoric ester groups is 2. The van der Waals surface area contributed by atoms with Crippen molar-refractivity contribution in [3.63, 3.8) is 0 Å². The SMILES string of the molecule is CCCCCCCCCCCCCCCCCCCCCC(=O)OC[C@H](COP(=O)(O)OC[C@@H](O)COP(=O)(O)OC[C@@H](COC(=O)CCCCCCCCCCCCCC)OC(=O)CCCCCCCCCCCCC(C)C)OC(=O)CCCCCCCCCCCCCCCCCCCCC(C)CC. The summed E-state index contributed by atoms with van der Waals surface area (Å²) in [4.78, 5) is 73.2. The minimum Gasteiger partial charge on any atom is -0.462 e. The van der Waals surface area contributed by atoms with Crippen molar-refractivity contribution in [1.29, 1.82) is 0 Å². The van der Waals surface area contributed by atoms with Crippen LogP contribution in [0.1, 0.15) is 465 Å². The van der Waals surface area contributed by atoms with Crippen molar-refractivity contribution >= 4 is 39.5 Å². The zero-order valence-corrected chi connectivity index (χ0v) is 71.5. The first kappa shape index (κ1) is 104. The van der Waals surface area contributed by atoms with Crippen molar-refractivity contribution in [2.24, 2.45) is 11.8 Å². The monoisotopic (exact) mass is 1550 g/mol. The van der Waals surface area contributed by atoms with E-state index < -0.39 is 97.5 Å². The molecule has 630 valence electrons. The normalized spacial score (nSPS) is 14.1. The molecule has 0 saturated carbocycles. The number of aliphatic hydroxyl groups excluding tert-OH is 1. The first-order chi connectivity index (χ1) is 51.4. The van der Waals surface area contributed by atoms with Gasteiger partial charge in [-0.3, -0.25) is 37.3 Å². The Labute approximate surface area is 651 Å². The van der Waals surface area contributed by atoms with E-state index in [0.29, 0.717) is 25.7 Å². The molecule has 0 heterocycles. The lowest BCUT2D eigenvalue weighted by molar-refractivity contribution is -0.161. The highest BCUT2D eigenvalue weighted by Gasteiger charge is 2.30. The molecule has 19 heteroatoms. The number of hydrogen-bond acceptors (Lipinski definition) is 15. The summed E-state index contributed by atoms with van der Waals surface area (Å²) in [5.41, 5.74) is 0. The maximum atomic E-state index is 13.2. The molecule has 0 saturated heterocycles. The third-order valence-corrected chi connectivity index (χ3v) is 22.7. The molecule has 0 amide bonds. The van der Waals surface area contributed by atoms with Crippen LogP contribution in [0.25, 0.3) is 0 Å². The Morgan fingerprint density at radius 1 is 0.274 bits per heavy atom. The van der Waals surface area contributed by atoms with Gasteiger partial charge in [0, 0.05) is 25.7 Å². The lowest BCUT2D eigenvalue weighted by atomic mass is 9.99. The standard InChI is InChI=1S/C87H170O17P2/c1-7-10-12-14-16-18-20-22-23-24-25-29-32-35-39-46-52-58-64-70-85(90)98-75-82(103-86(91)71-65-59-53-47-40-36-33-30-27-26-28-31-34-37-44-50-56-62-68-80(6)9-3)77-101-105(93,94)99-73-81(88)74-100-106(95,96)102-78-83(76-97-84(89)69-63-57-51-45-38-21-19-17-15-13-11-8-2)104-87(92)72-66-60-54-48-42-41-43-49-55-61-67-79(4)5/h79-83,88H,7-78H2,1-6H3,(H,93,94)(H,95,96)/t80?,81-,82-,83-/m1/s1. The van der Waals surface area contributed by atoms with Crippen LogP contribution in [-0.2, 0) is 65.4 Å². The molecular weight excluding hydrogens is 1380 g/mol. The summed E-state index contributed by atoms with van der Waals surface area (Å²) < 4.78 is 68.9. The molecule has 3 N–H and O–H groups in total. The fourth-order valence-electron chi connectivity index (χ4n) is 13.6. The van der Waals surface area contributed by atoms with Gasteiger partial charge in [0.05, 0.1) is 26.4 Å². The molecule has 6 atom stereocenters. The number of aliphatic hydroxyl groups is 1. The van der Waals surface area contributed by atoms with Crippen molar-refractivity contribution in [2.45, 2.75) is 484 Å². The second-order valence-corrected chi connectivity index (χ2v) is 34.9. The molecule has 0 aliphatic heterocycles. The molecule has 106 heavy (non-hydrogen) atoms. The maximum Gasteiger partial charge on any atom is 0.472 e. The van der Waals surface area contributed by atoms with Crippen LogP contribution in [0.15, 0.2) is 0 Å². The Hall–Kier alpha value is -1.94. The van der Waals surface area contributed by atoms with Crippen molar-refractivity contribution in [3.8, 4) is 0 Å². The average Bonchev–Trinajstić information content (AvgIpc) is 0.902.